The van der Waals surface area contributed by atoms with Gasteiger partial charge < -0.3 is 15.4 Å². The van der Waals surface area contributed by atoms with Crippen LogP contribution in [0.5, 0.6) is 5.75 Å². The quantitative estimate of drug-likeness (QED) is 0.782. The van der Waals surface area contributed by atoms with Gasteiger partial charge in [0.2, 0.25) is 0 Å². The van der Waals surface area contributed by atoms with Crippen LogP contribution in [0.2, 0.25) is 0 Å². The highest BCUT2D eigenvalue weighted by molar-refractivity contribution is 6.08. The van der Waals surface area contributed by atoms with Crippen LogP contribution in [0.1, 0.15) is 48.5 Å². The number of benzene rings is 2. The molecule has 144 valence electrons. The lowest BCUT2D eigenvalue weighted by Gasteiger charge is -2.26. The highest BCUT2D eigenvalue weighted by atomic mass is 16.5. The fraction of sp³-hybridized carbons (Fsp3) is 0.304. The molecule has 0 atom stereocenters. The number of hydrogen-bond donors (Lipinski definition) is 2. The number of carbonyl (C=O) groups excluding carboxylic acids is 2. The van der Waals surface area contributed by atoms with Crippen LogP contribution in [0.25, 0.3) is 6.08 Å². The first-order chi connectivity index (χ1) is 13.6. The summed E-state index contributed by atoms with van der Waals surface area (Å²) in [5, 5.41) is 5.94. The number of para-hydroxylation sites is 2. The standard InChI is InChI=1S/C23H24N2O3/c1-15-6-12-18(13-7-15)24-22(26)17-10-8-16(9-11-17)14-21-23(27)25-19-4-2-3-5-20(19)28-21/h2-5,8-11,14-15,18H,6-7,12-13H2,1H3,(H,24,26)(H,25,27). The Hall–Kier alpha value is -3.08. The highest BCUT2D eigenvalue weighted by Gasteiger charge is 2.22. The van der Waals surface area contributed by atoms with E-state index in [9.17, 15) is 9.59 Å². The molecule has 0 spiro atoms. The molecule has 0 bridgehead atoms. The van der Waals surface area contributed by atoms with Gasteiger partial charge in [-0.2, -0.15) is 0 Å². The maximum atomic E-state index is 12.5. The minimum absolute atomic E-state index is 0.0423. The summed E-state index contributed by atoms with van der Waals surface area (Å²) in [6.07, 6.45) is 6.11. The fourth-order valence-electron chi connectivity index (χ4n) is 3.66. The summed E-state index contributed by atoms with van der Waals surface area (Å²) in [5.74, 6) is 1.27. The van der Waals surface area contributed by atoms with E-state index in [0.29, 0.717) is 17.0 Å². The molecule has 2 N–H and O–H groups in total. The summed E-state index contributed by atoms with van der Waals surface area (Å²) in [7, 11) is 0. The van der Waals surface area contributed by atoms with Crippen LogP contribution >= 0.6 is 0 Å². The van der Waals surface area contributed by atoms with Crippen LogP contribution < -0.4 is 15.4 Å². The Kier molecular flexibility index (Phi) is 5.15. The van der Waals surface area contributed by atoms with Crippen LogP contribution in [0, 0.1) is 5.92 Å². The molecule has 1 aliphatic heterocycles. The number of nitrogens with one attached hydrogen (secondary N) is 2. The van der Waals surface area contributed by atoms with Crippen molar-refractivity contribution in [2.75, 3.05) is 5.32 Å². The van der Waals surface area contributed by atoms with Gasteiger partial charge in [-0.05, 0) is 67.5 Å². The molecule has 2 aromatic rings. The zero-order valence-electron chi connectivity index (χ0n) is 15.9. The first kappa shape index (κ1) is 18.3. The molecule has 2 aliphatic rings. The van der Waals surface area contributed by atoms with E-state index in [0.717, 1.165) is 24.3 Å². The Balaban J connectivity index is 1.42. The smallest absolute Gasteiger partial charge is 0.291 e. The monoisotopic (exact) mass is 376 g/mol. The number of carbonyl (C=O) groups is 2. The molecular formula is C23H24N2O3. The zero-order chi connectivity index (χ0) is 19.5. The normalized spacial score (nSPS) is 22.8. The molecule has 2 amide bonds. The summed E-state index contributed by atoms with van der Waals surface area (Å²) in [6.45, 7) is 2.26. The van der Waals surface area contributed by atoms with Crippen molar-refractivity contribution in [2.24, 2.45) is 5.92 Å². The van der Waals surface area contributed by atoms with E-state index in [2.05, 4.69) is 17.6 Å². The number of fused-ring (bicyclic) bond motifs is 1. The number of anilines is 1. The van der Waals surface area contributed by atoms with E-state index >= 15 is 0 Å². The van der Waals surface area contributed by atoms with Crippen LogP contribution in [-0.4, -0.2) is 17.9 Å². The molecule has 0 saturated heterocycles. The van der Waals surface area contributed by atoms with Crippen LogP contribution in [0.3, 0.4) is 0 Å². The molecule has 0 unspecified atom stereocenters. The summed E-state index contributed by atoms with van der Waals surface area (Å²) >= 11 is 0. The van der Waals surface area contributed by atoms with Gasteiger partial charge in [-0.15, -0.1) is 0 Å². The predicted molar refractivity (Wildman–Crippen MR) is 109 cm³/mol. The Labute approximate surface area is 164 Å². The molecule has 1 aliphatic carbocycles. The maximum absolute atomic E-state index is 12.5. The molecule has 28 heavy (non-hydrogen) atoms. The third-order valence-electron chi connectivity index (χ3n) is 5.40. The first-order valence-corrected chi connectivity index (χ1v) is 9.79. The Bertz CT molecular complexity index is 910. The third-order valence-corrected chi connectivity index (χ3v) is 5.40. The van der Waals surface area contributed by atoms with Gasteiger partial charge in [-0.3, -0.25) is 9.59 Å². The average molecular weight is 376 g/mol. The van der Waals surface area contributed by atoms with Gasteiger partial charge in [-0.1, -0.05) is 31.2 Å². The lowest BCUT2D eigenvalue weighted by Crippen LogP contribution is -2.37. The van der Waals surface area contributed by atoms with Crippen molar-refractivity contribution in [3.63, 3.8) is 0 Å². The van der Waals surface area contributed by atoms with E-state index in [1.54, 1.807) is 24.3 Å². The largest absolute Gasteiger partial charge is 0.449 e. The first-order valence-electron chi connectivity index (χ1n) is 9.79. The van der Waals surface area contributed by atoms with Crippen LogP contribution in [0.4, 0.5) is 5.69 Å². The molecule has 5 heteroatoms. The molecule has 0 aromatic heterocycles. The topological polar surface area (TPSA) is 67.4 Å². The zero-order valence-corrected chi connectivity index (χ0v) is 15.9. The van der Waals surface area contributed by atoms with Crippen LogP contribution in [-0.2, 0) is 4.79 Å². The molecule has 5 nitrogen and oxygen atoms in total. The molecular weight excluding hydrogens is 352 g/mol. The minimum atomic E-state index is -0.285. The molecule has 4 rings (SSSR count). The van der Waals surface area contributed by atoms with Gasteiger partial charge in [0.15, 0.2) is 11.5 Å². The van der Waals surface area contributed by atoms with Gasteiger partial charge in [0.1, 0.15) is 0 Å². The van der Waals surface area contributed by atoms with Crippen molar-refractivity contribution < 1.29 is 14.3 Å². The van der Waals surface area contributed by atoms with Crippen molar-refractivity contribution in [3.05, 3.63) is 65.4 Å². The highest BCUT2D eigenvalue weighted by Crippen LogP contribution is 2.30. The summed E-state index contributed by atoms with van der Waals surface area (Å²) < 4.78 is 5.70. The van der Waals surface area contributed by atoms with Crippen molar-refractivity contribution in [3.8, 4) is 5.75 Å². The second kappa shape index (κ2) is 7.89. The Morgan fingerprint density at radius 1 is 1.07 bits per heavy atom. The summed E-state index contributed by atoms with van der Waals surface area (Å²) in [6, 6.07) is 14.8. The lowest BCUT2D eigenvalue weighted by atomic mass is 9.87. The molecule has 1 fully saturated rings. The van der Waals surface area contributed by atoms with Crippen molar-refractivity contribution in [1.29, 1.82) is 0 Å². The summed E-state index contributed by atoms with van der Waals surface area (Å²) in [5.41, 5.74) is 2.08. The average Bonchev–Trinajstić information content (AvgIpc) is 2.71. The van der Waals surface area contributed by atoms with E-state index < -0.39 is 0 Å². The minimum Gasteiger partial charge on any atom is -0.449 e. The SMILES string of the molecule is CC1CCC(NC(=O)c2ccc(C=C3Oc4ccccc4NC3=O)cc2)CC1. The van der Waals surface area contributed by atoms with Gasteiger partial charge in [-0.25, -0.2) is 0 Å². The van der Waals surface area contributed by atoms with E-state index in [4.69, 9.17) is 4.74 Å². The van der Waals surface area contributed by atoms with E-state index in [-0.39, 0.29) is 23.6 Å². The van der Waals surface area contributed by atoms with E-state index in [1.165, 1.54) is 12.8 Å². The van der Waals surface area contributed by atoms with Gasteiger partial charge in [0.05, 0.1) is 5.69 Å². The van der Waals surface area contributed by atoms with Gasteiger partial charge >= 0.3 is 0 Å². The molecule has 2 aromatic carbocycles. The van der Waals surface area contributed by atoms with Gasteiger partial charge in [0, 0.05) is 11.6 Å². The second-order valence-corrected chi connectivity index (χ2v) is 7.61. The number of hydrogen-bond acceptors (Lipinski definition) is 3. The number of amides is 2. The number of rotatable bonds is 3. The van der Waals surface area contributed by atoms with Gasteiger partial charge in [0.25, 0.3) is 11.8 Å². The maximum Gasteiger partial charge on any atom is 0.291 e. The predicted octanol–water partition coefficient (Wildman–Crippen LogP) is 4.37. The molecule has 1 heterocycles. The lowest BCUT2D eigenvalue weighted by molar-refractivity contribution is -0.115. The summed E-state index contributed by atoms with van der Waals surface area (Å²) in [4.78, 5) is 24.7. The van der Waals surface area contributed by atoms with Crippen molar-refractivity contribution in [1.82, 2.24) is 5.32 Å². The fourth-order valence-corrected chi connectivity index (χ4v) is 3.66. The van der Waals surface area contributed by atoms with E-state index in [1.807, 2.05) is 30.3 Å². The molecule has 1 saturated carbocycles. The van der Waals surface area contributed by atoms with Crippen LogP contribution in [0.15, 0.2) is 54.3 Å². The van der Waals surface area contributed by atoms with Crippen molar-refractivity contribution >= 4 is 23.6 Å². The molecule has 0 radical (unpaired) electrons. The second-order valence-electron chi connectivity index (χ2n) is 7.61. The Morgan fingerprint density at radius 3 is 2.54 bits per heavy atom. The third kappa shape index (κ3) is 4.09. The number of ether oxygens (including phenoxy) is 1. The Morgan fingerprint density at radius 2 is 1.79 bits per heavy atom. The van der Waals surface area contributed by atoms with Crippen molar-refractivity contribution in [2.45, 2.75) is 38.6 Å².